The van der Waals surface area contributed by atoms with Gasteiger partial charge in [-0.25, -0.2) is 4.98 Å². The van der Waals surface area contributed by atoms with E-state index < -0.39 is 0 Å². The zero-order valence-electron chi connectivity index (χ0n) is 15.8. The Labute approximate surface area is 168 Å². The molecule has 2 aliphatic heterocycles. The van der Waals surface area contributed by atoms with Crippen molar-refractivity contribution in [3.05, 3.63) is 75.0 Å². The maximum absolute atomic E-state index is 12.2. The summed E-state index contributed by atoms with van der Waals surface area (Å²) in [7, 11) is 0. The molecule has 2 aromatic heterocycles. The molecular formula is C22H22ClN3O2. The number of piperidine rings is 1. The van der Waals surface area contributed by atoms with Crippen molar-refractivity contribution in [3.63, 3.8) is 0 Å². The smallest absolute Gasteiger partial charge is 0.250 e. The molecule has 5 nitrogen and oxygen atoms in total. The Hall–Kier alpha value is -2.37. The summed E-state index contributed by atoms with van der Waals surface area (Å²) in [5.41, 5.74) is 3.21. The van der Waals surface area contributed by atoms with Gasteiger partial charge in [-0.1, -0.05) is 17.7 Å². The first-order valence-electron chi connectivity index (χ1n) is 9.71. The number of benzene rings is 1. The predicted octanol–water partition coefficient (Wildman–Crippen LogP) is 4.08. The number of rotatable bonds is 3. The van der Waals surface area contributed by atoms with Crippen LogP contribution in [0.2, 0.25) is 5.02 Å². The summed E-state index contributed by atoms with van der Waals surface area (Å²) in [5, 5.41) is 0.700. The molecule has 0 saturated carbocycles. The van der Waals surface area contributed by atoms with Crippen molar-refractivity contribution < 1.29 is 4.42 Å². The van der Waals surface area contributed by atoms with Crippen LogP contribution in [-0.4, -0.2) is 27.5 Å². The lowest BCUT2D eigenvalue weighted by Gasteiger charge is -2.42. The summed E-state index contributed by atoms with van der Waals surface area (Å²) in [6.45, 7) is 5.49. The zero-order valence-corrected chi connectivity index (χ0v) is 16.5. The highest BCUT2D eigenvalue weighted by Gasteiger charge is 2.34. The van der Waals surface area contributed by atoms with Gasteiger partial charge >= 0.3 is 0 Å². The van der Waals surface area contributed by atoms with E-state index in [1.165, 1.54) is 5.69 Å². The van der Waals surface area contributed by atoms with Gasteiger partial charge in [0.15, 0.2) is 0 Å². The third-order valence-electron chi connectivity index (χ3n) is 5.91. The molecular weight excluding hydrogens is 374 g/mol. The van der Waals surface area contributed by atoms with Gasteiger partial charge in [0.05, 0.1) is 5.69 Å². The monoisotopic (exact) mass is 395 g/mol. The van der Waals surface area contributed by atoms with Crippen LogP contribution in [0, 0.1) is 12.8 Å². The first kappa shape index (κ1) is 17.7. The lowest BCUT2D eigenvalue weighted by atomic mass is 9.83. The van der Waals surface area contributed by atoms with Crippen molar-refractivity contribution in [1.82, 2.24) is 14.5 Å². The highest BCUT2D eigenvalue weighted by Crippen LogP contribution is 2.35. The number of aromatic nitrogens is 2. The van der Waals surface area contributed by atoms with Crippen LogP contribution in [0.1, 0.15) is 29.5 Å². The molecule has 1 aromatic carbocycles. The summed E-state index contributed by atoms with van der Waals surface area (Å²) < 4.78 is 7.89. The second-order valence-corrected chi connectivity index (χ2v) is 8.36. The molecule has 0 unspecified atom stereocenters. The normalized spacial score (nSPS) is 21.5. The Kier molecular flexibility index (Phi) is 4.37. The minimum Gasteiger partial charge on any atom is -0.441 e. The number of hydrogen-bond donors (Lipinski definition) is 0. The van der Waals surface area contributed by atoms with Gasteiger partial charge in [-0.2, -0.15) is 0 Å². The molecule has 2 bridgehead atoms. The van der Waals surface area contributed by atoms with Crippen LogP contribution in [0.5, 0.6) is 0 Å². The average molecular weight is 396 g/mol. The number of fused-ring (bicyclic) bond motifs is 4. The van der Waals surface area contributed by atoms with E-state index in [2.05, 4.69) is 11.0 Å². The van der Waals surface area contributed by atoms with Gasteiger partial charge in [-0.05, 0) is 49.6 Å². The van der Waals surface area contributed by atoms with Gasteiger partial charge < -0.3 is 8.98 Å². The van der Waals surface area contributed by atoms with Crippen molar-refractivity contribution in [2.75, 3.05) is 13.1 Å². The number of pyridine rings is 1. The lowest BCUT2D eigenvalue weighted by molar-refractivity contribution is 0.113. The van der Waals surface area contributed by atoms with Crippen LogP contribution in [0.25, 0.3) is 11.5 Å². The van der Waals surface area contributed by atoms with Crippen molar-refractivity contribution >= 4 is 11.6 Å². The molecule has 3 aromatic rings. The molecule has 2 aliphatic rings. The average Bonchev–Trinajstić information content (AvgIpc) is 3.04. The quantitative estimate of drug-likeness (QED) is 0.670. The van der Waals surface area contributed by atoms with E-state index in [-0.39, 0.29) is 5.56 Å². The number of likely N-dealkylation sites (tertiary alicyclic amines) is 1. The summed E-state index contributed by atoms with van der Waals surface area (Å²) in [5.74, 6) is 2.41. The highest BCUT2D eigenvalue weighted by atomic mass is 35.5. The van der Waals surface area contributed by atoms with Crippen LogP contribution >= 0.6 is 11.6 Å². The molecule has 1 saturated heterocycles. The molecule has 2 atom stereocenters. The third-order valence-corrected chi connectivity index (χ3v) is 6.16. The van der Waals surface area contributed by atoms with E-state index in [1.54, 1.807) is 6.07 Å². The van der Waals surface area contributed by atoms with Crippen molar-refractivity contribution in [2.45, 2.75) is 32.4 Å². The minimum absolute atomic E-state index is 0.126. The number of hydrogen-bond acceptors (Lipinski definition) is 4. The van der Waals surface area contributed by atoms with Crippen LogP contribution < -0.4 is 5.56 Å². The van der Waals surface area contributed by atoms with E-state index in [0.717, 1.165) is 49.6 Å². The number of oxazole rings is 1. The SMILES string of the molecule is Cc1oc(-c2ccc(Cl)cc2)nc1CN1C[C@@H]2C[C@@H](C1)c1cccc(=O)n1C2. The maximum Gasteiger partial charge on any atom is 0.250 e. The first-order valence-corrected chi connectivity index (χ1v) is 10.1. The molecule has 4 heterocycles. The summed E-state index contributed by atoms with van der Waals surface area (Å²) in [6, 6.07) is 13.2. The molecule has 6 heteroatoms. The predicted molar refractivity (Wildman–Crippen MR) is 109 cm³/mol. The lowest BCUT2D eigenvalue weighted by Crippen LogP contribution is -2.46. The van der Waals surface area contributed by atoms with Gasteiger partial charge in [-0.15, -0.1) is 0 Å². The Morgan fingerprint density at radius 3 is 2.79 bits per heavy atom. The fourth-order valence-electron chi connectivity index (χ4n) is 4.63. The summed E-state index contributed by atoms with van der Waals surface area (Å²) in [6.07, 6.45) is 1.16. The molecule has 0 aliphatic carbocycles. The highest BCUT2D eigenvalue weighted by molar-refractivity contribution is 6.30. The number of aryl methyl sites for hydroxylation is 1. The Bertz CT molecular complexity index is 1070. The van der Waals surface area contributed by atoms with Gasteiger partial charge in [-0.3, -0.25) is 9.69 Å². The maximum atomic E-state index is 12.2. The molecule has 0 amide bonds. The molecule has 1 fully saturated rings. The largest absolute Gasteiger partial charge is 0.441 e. The van der Waals surface area contributed by atoms with E-state index in [1.807, 2.05) is 41.8 Å². The van der Waals surface area contributed by atoms with Gasteiger partial charge in [0.1, 0.15) is 5.76 Å². The molecule has 144 valence electrons. The topological polar surface area (TPSA) is 51.3 Å². The standard InChI is InChI=1S/C22H22ClN3O2/c1-14-19(24-22(28-14)16-5-7-18(23)8-6-16)13-25-10-15-9-17(12-25)20-3-2-4-21(27)26(20)11-15/h2-8,15,17H,9-13H2,1H3/t15-,17-/m0/s1. The summed E-state index contributed by atoms with van der Waals surface area (Å²) >= 11 is 5.98. The number of halogens is 1. The van der Waals surface area contributed by atoms with Gasteiger partial charge in [0.25, 0.3) is 5.56 Å². The Balaban J connectivity index is 1.37. The molecule has 28 heavy (non-hydrogen) atoms. The van der Waals surface area contributed by atoms with Crippen LogP contribution in [0.3, 0.4) is 0 Å². The fraction of sp³-hybridized carbons (Fsp3) is 0.364. The van der Waals surface area contributed by atoms with Crippen LogP contribution in [0.4, 0.5) is 0 Å². The number of nitrogens with zero attached hydrogens (tertiary/aromatic N) is 3. The summed E-state index contributed by atoms with van der Waals surface area (Å²) in [4.78, 5) is 19.4. The minimum atomic E-state index is 0.126. The van der Waals surface area contributed by atoms with E-state index in [9.17, 15) is 4.79 Å². The second-order valence-electron chi connectivity index (χ2n) is 7.92. The zero-order chi connectivity index (χ0) is 19.3. The van der Waals surface area contributed by atoms with E-state index in [4.69, 9.17) is 21.0 Å². The van der Waals surface area contributed by atoms with Crippen molar-refractivity contribution in [3.8, 4) is 11.5 Å². The van der Waals surface area contributed by atoms with Crippen LogP contribution in [-0.2, 0) is 13.1 Å². The van der Waals surface area contributed by atoms with Gasteiger partial charge in [0, 0.05) is 54.4 Å². The van der Waals surface area contributed by atoms with Crippen molar-refractivity contribution in [1.29, 1.82) is 0 Å². The molecule has 0 radical (unpaired) electrons. The fourth-order valence-corrected chi connectivity index (χ4v) is 4.75. The molecule has 0 spiro atoms. The molecule has 0 N–H and O–H groups in total. The second kappa shape index (κ2) is 6.90. The Morgan fingerprint density at radius 2 is 1.96 bits per heavy atom. The van der Waals surface area contributed by atoms with Gasteiger partial charge in [0.2, 0.25) is 5.89 Å². The first-order chi connectivity index (χ1) is 13.6. The van der Waals surface area contributed by atoms with Crippen LogP contribution in [0.15, 0.2) is 51.7 Å². The van der Waals surface area contributed by atoms with E-state index >= 15 is 0 Å². The van der Waals surface area contributed by atoms with Crippen molar-refractivity contribution in [2.24, 2.45) is 5.92 Å². The van der Waals surface area contributed by atoms with E-state index in [0.29, 0.717) is 22.7 Å². The third kappa shape index (κ3) is 3.19. The Morgan fingerprint density at radius 1 is 1.14 bits per heavy atom. The molecule has 5 rings (SSSR count).